The molecule has 1 saturated heterocycles. The van der Waals surface area contributed by atoms with E-state index in [-0.39, 0.29) is 24.1 Å². The molecule has 1 aliphatic rings. The predicted octanol–water partition coefficient (Wildman–Crippen LogP) is 1.97. The Bertz CT molecular complexity index is 810. The number of nitrogens with one attached hydrogen (secondary N) is 1. The number of hydrogen-bond acceptors (Lipinski definition) is 4. The number of hydrogen-bond donors (Lipinski definition) is 1. The predicted molar refractivity (Wildman–Crippen MR) is 104 cm³/mol. The Morgan fingerprint density at radius 3 is 2.07 bits per heavy atom. The van der Waals surface area contributed by atoms with Crippen molar-refractivity contribution in [1.82, 2.24) is 10.2 Å². The van der Waals surface area contributed by atoms with Gasteiger partial charge in [-0.3, -0.25) is 14.4 Å². The maximum Gasteiger partial charge on any atom is 0.251 e. The lowest BCUT2D eigenvalue weighted by Crippen LogP contribution is -2.51. The van der Waals surface area contributed by atoms with E-state index in [0.717, 1.165) is 18.8 Å². The molecule has 0 atom stereocenters. The summed E-state index contributed by atoms with van der Waals surface area (Å²) in [5.74, 6) is -0.270. The van der Waals surface area contributed by atoms with Crippen LogP contribution in [-0.4, -0.2) is 55.2 Å². The van der Waals surface area contributed by atoms with E-state index in [0.29, 0.717) is 24.2 Å². The van der Waals surface area contributed by atoms with Gasteiger partial charge in [0.05, 0.1) is 6.54 Å². The average molecular weight is 365 g/mol. The summed E-state index contributed by atoms with van der Waals surface area (Å²) in [6.07, 6.45) is 0. The van der Waals surface area contributed by atoms with Crippen molar-refractivity contribution in [2.75, 3.05) is 37.6 Å². The summed E-state index contributed by atoms with van der Waals surface area (Å²) in [6, 6.07) is 16.4. The highest BCUT2D eigenvalue weighted by Crippen LogP contribution is 2.17. The maximum atomic E-state index is 12.4. The number of nitrogens with zero attached hydrogens (tertiary/aromatic N) is 2. The van der Waals surface area contributed by atoms with Gasteiger partial charge in [0.1, 0.15) is 0 Å². The largest absolute Gasteiger partial charge is 0.368 e. The molecule has 1 aliphatic heterocycles. The maximum absolute atomic E-state index is 12.4. The lowest BCUT2D eigenvalue weighted by Gasteiger charge is -2.36. The number of benzene rings is 2. The molecule has 0 radical (unpaired) electrons. The molecule has 6 heteroatoms. The fourth-order valence-electron chi connectivity index (χ4n) is 3.08. The zero-order chi connectivity index (χ0) is 19.2. The molecule has 2 aromatic carbocycles. The van der Waals surface area contributed by atoms with Crippen LogP contribution in [0.2, 0.25) is 0 Å². The van der Waals surface area contributed by atoms with E-state index in [9.17, 15) is 14.4 Å². The lowest BCUT2D eigenvalue weighted by atomic mass is 10.1. The molecule has 2 amide bonds. The number of piperazine rings is 1. The van der Waals surface area contributed by atoms with Crippen LogP contribution in [0.25, 0.3) is 0 Å². The fourth-order valence-corrected chi connectivity index (χ4v) is 3.08. The first-order valence-electron chi connectivity index (χ1n) is 9.01. The van der Waals surface area contributed by atoms with E-state index < -0.39 is 0 Å². The Morgan fingerprint density at radius 1 is 0.852 bits per heavy atom. The molecule has 0 saturated carbocycles. The summed E-state index contributed by atoms with van der Waals surface area (Å²) in [4.78, 5) is 39.7. The van der Waals surface area contributed by atoms with E-state index in [1.54, 1.807) is 36.1 Å². The number of rotatable bonds is 5. The second-order valence-electron chi connectivity index (χ2n) is 6.52. The molecule has 0 aliphatic carbocycles. The molecule has 27 heavy (non-hydrogen) atoms. The Hall–Kier alpha value is -3.15. The molecule has 0 aromatic heterocycles. The van der Waals surface area contributed by atoms with Crippen LogP contribution in [0.5, 0.6) is 0 Å². The van der Waals surface area contributed by atoms with Crippen LogP contribution in [0.4, 0.5) is 5.69 Å². The summed E-state index contributed by atoms with van der Waals surface area (Å²) in [7, 11) is 0. The van der Waals surface area contributed by atoms with Crippen molar-refractivity contribution in [2.24, 2.45) is 0 Å². The molecular weight excluding hydrogens is 342 g/mol. The van der Waals surface area contributed by atoms with Crippen molar-refractivity contribution < 1.29 is 14.4 Å². The van der Waals surface area contributed by atoms with E-state index in [2.05, 4.69) is 10.2 Å². The summed E-state index contributed by atoms with van der Waals surface area (Å²) >= 11 is 0. The van der Waals surface area contributed by atoms with Gasteiger partial charge in [-0.05, 0) is 43.3 Å². The molecule has 6 nitrogen and oxygen atoms in total. The van der Waals surface area contributed by atoms with Crippen molar-refractivity contribution in [3.8, 4) is 0 Å². The third kappa shape index (κ3) is 4.73. The van der Waals surface area contributed by atoms with Crippen LogP contribution < -0.4 is 10.2 Å². The van der Waals surface area contributed by atoms with Crippen LogP contribution >= 0.6 is 0 Å². The first-order chi connectivity index (χ1) is 13.0. The molecule has 1 fully saturated rings. The SMILES string of the molecule is CC(=O)c1ccc(N2CCN(C(=O)CNC(=O)c3ccccc3)CC2)cc1. The Labute approximate surface area is 158 Å². The van der Waals surface area contributed by atoms with Crippen LogP contribution in [0, 0.1) is 0 Å². The fraction of sp³-hybridized carbons (Fsp3) is 0.286. The van der Waals surface area contributed by atoms with Gasteiger partial charge in [-0.25, -0.2) is 0 Å². The van der Waals surface area contributed by atoms with Crippen molar-refractivity contribution in [3.63, 3.8) is 0 Å². The number of amides is 2. The van der Waals surface area contributed by atoms with Gasteiger partial charge in [-0.1, -0.05) is 18.2 Å². The molecule has 2 aromatic rings. The van der Waals surface area contributed by atoms with Crippen molar-refractivity contribution in [2.45, 2.75) is 6.92 Å². The van der Waals surface area contributed by atoms with Gasteiger partial charge in [-0.2, -0.15) is 0 Å². The molecular formula is C21H23N3O3. The summed E-state index contributed by atoms with van der Waals surface area (Å²) in [6.45, 7) is 4.20. The first kappa shape index (κ1) is 18.6. The molecule has 0 spiro atoms. The number of anilines is 1. The second kappa shape index (κ2) is 8.49. The molecule has 3 rings (SSSR count). The molecule has 0 bridgehead atoms. The minimum absolute atomic E-state index is 0.00103. The van der Waals surface area contributed by atoms with E-state index in [1.807, 2.05) is 30.3 Å². The third-order valence-corrected chi connectivity index (χ3v) is 4.71. The molecule has 140 valence electrons. The normalized spacial score (nSPS) is 14.0. The standard InChI is InChI=1S/C21H23N3O3/c1-16(25)17-7-9-19(10-8-17)23-11-13-24(14-12-23)20(26)15-22-21(27)18-5-3-2-4-6-18/h2-10H,11-15H2,1H3,(H,22,27). The highest BCUT2D eigenvalue weighted by atomic mass is 16.2. The van der Waals surface area contributed by atoms with Gasteiger partial charge in [0.25, 0.3) is 5.91 Å². The van der Waals surface area contributed by atoms with E-state index in [1.165, 1.54) is 0 Å². The summed E-state index contributed by atoms with van der Waals surface area (Å²) in [5.41, 5.74) is 2.29. The number of carbonyl (C=O) groups is 3. The van der Waals surface area contributed by atoms with Crippen molar-refractivity contribution in [1.29, 1.82) is 0 Å². The minimum Gasteiger partial charge on any atom is -0.368 e. The second-order valence-corrected chi connectivity index (χ2v) is 6.52. The Kier molecular flexibility index (Phi) is 5.86. The van der Waals surface area contributed by atoms with Crippen LogP contribution in [-0.2, 0) is 4.79 Å². The topological polar surface area (TPSA) is 69.7 Å². The quantitative estimate of drug-likeness (QED) is 0.823. The van der Waals surface area contributed by atoms with Gasteiger partial charge >= 0.3 is 0 Å². The van der Waals surface area contributed by atoms with Gasteiger partial charge in [0.15, 0.2) is 5.78 Å². The smallest absolute Gasteiger partial charge is 0.251 e. The van der Waals surface area contributed by atoms with Gasteiger partial charge < -0.3 is 15.1 Å². The Morgan fingerprint density at radius 2 is 1.48 bits per heavy atom. The zero-order valence-electron chi connectivity index (χ0n) is 15.4. The highest BCUT2D eigenvalue weighted by Gasteiger charge is 2.21. The van der Waals surface area contributed by atoms with Crippen LogP contribution in [0.3, 0.4) is 0 Å². The third-order valence-electron chi connectivity index (χ3n) is 4.71. The summed E-state index contributed by atoms with van der Waals surface area (Å²) < 4.78 is 0. The minimum atomic E-state index is -0.242. The highest BCUT2D eigenvalue weighted by molar-refractivity contribution is 5.96. The van der Waals surface area contributed by atoms with Crippen LogP contribution in [0.15, 0.2) is 54.6 Å². The first-order valence-corrected chi connectivity index (χ1v) is 9.01. The van der Waals surface area contributed by atoms with Gasteiger partial charge in [-0.15, -0.1) is 0 Å². The van der Waals surface area contributed by atoms with Crippen molar-refractivity contribution >= 4 is 23.3 Å². The number of ketones is 1. The number of carbonyl (C=O) groups excluding carboxylic acids is 3. The lowest BCUT2D eigenvalue weighted by molar-refractivity contribution is -0.130. The van der Waals surface area contributed by atoms with Crippen LogP contribution in [0.1, 0.15) is 27.6 Å². The average Bonchev–Trinajstić information content (AvgIpc) is 2.72. The zero-order valence-corrected chi connectivity index (χ0v) is 15.4. The molecule has 0 unspecified atom stereocenters. The monoisotopic (exact) mass is 365 g/mol. The molecule has 1 N–H and O–H groups in total. The van der Waals surface area contributed by atoms with E-state index in [4.69, 9.17) is 0 Å². The molecule has 1 heterocycles. The van der Waals surface area contributed by atoms with E-state index >= 15 is 0 Å². The van der Waals surface area contributed by atoms with Gasteiger partial charge in [0, 0.05) is 43.0 Å². The summed E-state index contributed by atoms with van der Waals surface area (Å²) in [5, 5.41) is 2.68. The Balaban J connectivity index is 1.47. The number of Topliss-reactive ketones (excluding diaryl/α,β-unsaturated/α-hetero) is 1. The van der Waals surface area contributed by atoms with Crippen molar-refractivity contribution in [3.05, 3.63) is 65.7 Å². The van der Waals surface area contributed by atoms with Gasteiger partial charge in [0.2, 0.25) is 5.91 Å².